The van der Waals surface area contributed by atoms with Gasteiger partial charge >= 0.3 is 0 Å². The van der Waals surface area contributed by atoms with E-state index in [4.69, 9.17) is 0 Å². The summed E-state index contributed by atoms with van der Waals surface area (Å²) in [5.41, 5.74) is 1.41. The van der Waals surface area contributed by atoms with E-state index < -0.39 is 0 Å². The molecule has 0 saturated heterocycles. The number of hydrogen-bond acceptors (Lipinski definition) is 1. The first-order valence-corrected chi connectivity index (χ1v) is 6.26. The molecule has 14 heavy (non-hydrogen) atoms. The van der Waals surface area contributed by atoms with Crippen molar-refractivity contribution in [1.82, 2.24) is 0 Å². The second-order valence-electron chi connectivity index (χ2n) is 3.96. The summed E-state index contributed by atoms with van der Waals surface area (Å²) in [6, 6.07) is 0. The van der Waals surface area contributed by atoms with Crippen LogP contribution in [-0.2, 0) is 0 Å². The second kappa shape index (κ2) is 9.39. The van der Waals surface area contributed by atoms with Gasteiger partial charge in [0.1, 0.15) is 0 Å². The van der Waals surface area contributed by atoms with Crippen molar-refractivity contribution in [3.05, 3.63) is 23.8 Å². The molecule has 1 heteroatoms. The standard InChI is InChI=1S/C13H24S/c1-4-13(11-12(2)3)9-7-5-6-8-10-14/h7,9,11,13-14H,4-6,8,10H2,1-3H3/b9-7-. The summed E-state index contributed by atoms with van der Waals surface area (Å²) >= 11 is 4.19. The third-order valence-electron chi connectivity index (χ3n) is 2.18. The molecule has 0 rings (SSSR count). The van der Waals surface area contributed by atoms with Crippen LogP contribution in [0.25, 0.3) is 0 Å². The van der Waals surface area contributed by atoms with Gasteiger partial charge in [-0.1, -0.05) is 30.7 Å². The van der Waals surface area contributed by atoms with Crippen molar-refractivity contribution in [2.24, 2.45) is 5.92 Å². The van der Waals surface area contributed by atoms with Crippen LogP contribution in [-0.4, -0.2) is 5.75 Å². The van der Waals surface area contributed by atoms with Gasteiger partial charge in [0.2, 0.25) is 0 Å². The SMILES string of the molecule is CCC(C=C(C)C)/C=C\CCCCS. The molecule has 0 aromatic heterocycles. The number of rotatable bonds is 7. The van der Waals surface area contributed by atoms with Gasteiger partial charge in [0.05, 0.1) is 0 Å². The summed E-state index contributed by atoms with van der Waals surface area (Å²) in [7, 11) is 0. The first kappa shape index (κ1) is 13.8. The van der Waals surface area contributed by atoms with E-state index in [0.29, 0.717) is 5.92 Å². The summed E-state index contributed by atoms with van der Waals surface area (Å²) in [5.74, 6) is 1.65. The van der Waals surface area contributed by atoms with Crippen LogP contribution in [0.15, 0.2) is 23.8 Å². The van der Waals surface area contributed by atoms with Crippen LogP contribution in [0.1, 0.15) is 46.5 Å². The zero-order valence-electron chi connectivity index (χ0n) is 9.79. The fourth-order valence-corrected chi connectivity index (χ4v) is 1.61. The minimum Gasteiger partial charge on any atom is -0.179 e. The molecule has 0 aromatic rings. The van der Waals surface area contributed by atoms with Crippen molar-refractivity contribution >= 4 is 12.6 Å². The summed E-state index contributed by atoms with van der Waals surface area (Å²) in [6.07, 6.45) is 11.9. The Hall–Kier alpha value is -0.170. The Bertz CT molecular complexity index is 176. The van der Waals surface area contributed by atoms with E-state index in [1.54, 1.807) is 0 Å². The van der Waals surface area contributed by atoms with E-state index in [1.807, 2.05) is 0 Å². The van der Waals surface area contributed by atoms with Gasteiger partial charge in [0.15, 0.2) is 0 Å². The topological polar surface area (TPSA) is 0 Å². The van der Waals surface area contributed by atoms with Crippen LogP contribution < -0.4 is 0 Å². The van der Waals surface area contributed by atoms with Gasteiger partial charge in [0.25, 0.3) is 0 Å². The number of allylic oxidation sites excluding steroid dienone is 4. The third kappa shape index (κ3) is 8.43. The highest BCUT2D eigenvalue weighted by Gasteiger charge is 1.95. The van der Waals surface area contributed by atoms with E-state index in [2.05, 4.69) is 51.6 Å². The van der Waals surface area contributed by atoms with Gasteiger partial charge in [-0.25, -0.2) is 0 Å². The van der Waals surface area contributed by atoms with Gasteiger partial charge in [-0.05, 0) is 51.2 Å². The van der Waals surface area contributed by atoms with Crippen LogP contribution in [0.4, 0.5) is 0 Å². The highest BCUT2D eigenvalue weighted by atomic mass is 32.1. The largest absolute Gasteiger partial charge is 0.179 e. The molecule has 1 atom stereocenters. The summed E-state index contributed by atoms with van der Waals surface area (Å²) in [6.45, 7) is 6.57. The van der Waals surface area contributed by atoms with Gasteiger partial charge in [-0.15, -0.1) is 0 Å². The summed E-state index contributed by atoms with van der Waals surface area (Å²) in [5, 5.41) is 0. The lowest BCUT2D eigenvalue weighted by Gasteiger charge is -2.04. The average Bonchev–Trinajstić information content (AvgIpc) is 2.15. The predicted molar refractivity (Wildman–Crippen MR) is 70.1 cm³/mol. The molecule has 0 fully saturated rings. The molecule has 0 aromatic carbocycles. The number of unbranched alkanes of at least 4 members (excludes halogenated alkanes) is 2. The molecule has 0 aliphatic carbocycles. The van der Waals surface area contributed by atoms with Crippen molar-refractivity contribution in [2.45, 2.75) is 46.5 Å². The van der Waals surface area contributed by atoms with Gasteiger partial charge in [0, 0.05) is 0 Å². The molecule has 0 N–H and O–H groups in total. The van der Waals surface area contributed by atoms with E-state index in [1.165, 1.54) is 31.3 Å². The molecule has 0 bridgehead atoms. The number of thiol groups is 1. The first-order chi connectivity index (χ1) is 6.70. The Labute approximate surface area is 94.9 Å². The van der Waals surface area contributed by atoms with Gasteiger partial charge in [-0.3, -0.25) is 0 Å². The normalized spacial score (nSPS) is 13.1. The minimum absolute atomic E-state index is 0.635. The van der Waals surface area contributed by atoms with Gasteiger partial charge in [-0.2, -0.15) is 12.6 Å². The molecule has 82 valence electrons. The highest BCUT2D eigenvalue weighted by Crippen LogP contribution is 2.10. The number of hydrogen-bond donors (Lipinski definition) is 1. The Morgan fingerprint density at radius 1 is 1.29 bits per heavy atom. The van der Waals surface area contributed by atoms with E-state index in [-0.39, 0.29) is 0 Å². The van der Waals surface area contributed by atoms with Crippen molar-refractivity contribution < 1.29 is 0 Å². The lowest BCUT2D eigenvalue weighted by atomic mass is 10.0. The Kier molecular flexibility index (Phi) is 9.27. The zero-order chi connectivity index (χ0) is 10.8. The molecule has 0 aliphatic rings. The molecule has 1 unspecified atom stereocenters. The predicted octanol–water partition coefficient (Wildman–Crippen LogP) is 4.64. The summed E-state index contributed by atoms with van der Waals surface area (Å²) < 4.78 is 0. The van der Waals surface area contributed by atoms with E-state index in [0.717, 1.165) is 5.75 Å². The molecule has 0 spiro atoms. The first-order valence-electron chi connectivity index (χ1n) is 5.63. The molecule has 0 nitrogen and oxygen atoms in total. The molecular formula is C13H24S. The lowest BCUT2D eigenvalue weighted by Crippen LogP contribution is -1.89. The molecule has 0 saturated carbocycles. The third-order valence-corrected chi connectivity index (χ3v) is 2.50. The second-order valence-corrected chi connectivity index (χ2v) is 4.41. The maximum atomic E-state index is 4.19. The molecular weight excluding hydrogens is 188 g/mol. The average molecular weight is 212 g/mol. The van der Waals surface area contributed by atoms with Crippen molar-refractivity contribution in [2.75, 3.05) is 5.75 Å². The Balaban J connectivity index is 3.75. The van der Waals surface area contributed by atoms with Gasteiger partial charge < -0.3 is 0 Å². The van der Waals surface area contributed by atoms with Crippen LogP contribution in [0.2, 0.25) is 0 Å². The highest BCUT2D eigenvalue weighted by molar-refractivity contribution is 7.80. The van der Waals surface area contributed by atoms with E-state index >= 15 is 0 Å². The maximum absolute atomic E-state index is 4.19. The Morgan fingerprint density at radius 2 is 2.00 bits per heavy atom. The van der Waals surface area contributed by atoms with Crippen LogP contribution in [0.5, 0.6) is 0 Å². The van der Waals surface area contributed by atoms with E-state index in [9.17, 15) is 0 Å². The van der Waals surface area contributed by atoms with Crippen LogP contribution in [0.3, 0.4) is 0 Å². The smallest absolute Gasteiger partial charge is 0.00537 e. The molecule has 0 amide bonds. The van der Waals surface area contributed by atoms with Crippen molar-refractivity contribution in [3.63, 3.8) is 0 Å². The fourth-order valence-electron chi connectivity index (χ4n) is 1.38. The molecule has 0 heterocycles. The quantitative estimate of drug-likeness (QED) is 0.355. The zero-order valence-corrected chi connectivity index (χ0v) is 10.7. The van der Waals surface area contributed by atoms with Crippen molar-refractivity contribution in [3.8, 4) is 0 Å². The van der Waals surface area contributed by atoms with Crippen molar-refractivity contribution in [1.29, 1.82) is 0 Å². The minimum atomic E-state index is 0.635. The van der Waals surface area contributed by atoms with Crippen LogP contribution in [0, 0.1) is 5.92 Å². The lowest BCUT2D eigenvalue weighted by molar-refractivity contribution is 0.754. The molecule has 0 radical (unpaired) electrons. The molecule has 0 aliphatic heterocycles. The Morgan fingerprint density at radius 3 is 2.50 bits per heavy atom. The fraction of sp³-hybridized carbons (Fsp3) is 0.692. The van der Waals surface area contributed by atoms with Crippen LogP contribution >= 0.6 is 12.6 Å². The monoisotopic (exact) mass is 212 g/mol. The summed E-state index contributed by atoms with van der Waals surface area (Å²) in [4.78, 5) is 0. The maximum Gasteiger partial charge on any atom is -0.00537 e.